The molecule has 4 heterocycles. The third-order valence-electron chi connectivity index (χ3n) is 6.59. The quantitative estimate of drug-likeness (QED) is 0.735. The summed E-state index contributed by atoms with van der Waals surface area (Å²) in [5, 5.41) is 14.0. The Kier molecular flexibility index (Phi) is 5.73. The molecule has 2 N–H and O–H groups in total. The van der Waals surface area contributed by atoms with Crippen LogP contribution in [0.4, 0.5) is 5.69 Å². The molecule has 0 radical (unpaired) electrons. The summed E-state index contributed by atoms with van der Waals surface area (Å²) < 4.78 is 0. The van der Waals surface area contributed by atoms with Gasteiger partial charge in [0.05, 0.1) is 23.1 Å². The summed E-state index contributed by atoms with van der Waals surface area (Å²) in [4.78, 5) is 35.5. The Balaban J connectivity index is 1.27. The Hall–Kier alpha value is -2.36. The van der Waals surface area contributed by atoms with Gasteiger partial charge in [-0.05, 0) is 12.5 Å². The van der Waals surface area contributed by atoms with E-state index >= 15 is 0 Å². The third-order valence-corrected chi connectivity index (χ3v) is 7.56. The van der Waals surface area contributed by atoms with Gasteiger partial charge in [0.1, 0.15) is 5.56 Å². The van der Waals surface area contributed by atoms with E-state index in [0.717, 1.165) is 73.9 Å². The predicted molar refractivity (Wildman–Crippen MR) is 122 cm³/mol. The molecule has 3 saturated heterocycles. The predicted octanol–water partition coefficient (Wildman–Crippen LogP) is 1.32. The van der Waals surface area contributed by atoms with Crippen molar-refractivity contribution in [2.45, 2.75) is 18.5 Å². The molecular weight excluding hydrogens is 414 g/mol. The van der Waals surface area contributed by atoms with Gasteiger partial charge in [0.15, 0.2) is 0 Å². The number of pyridine rings is 1. The highest BCUT2D eigenvalue weighted by atomic mass is 32.2. The Bertz CT molecular complexity index is 988. The molecule has 0 aliphatic carbocycles. The van der Waals surface area contributed by atoms with E-state index < -0.39 is 5.97 Å². The highest BCUT2D eigenvalue weighted by Crippen LogP contribution is 2.31. The van der Waals surface area contributed by atoms with Crippen molar-refractivity contribution in [3.8, 4) is 0 Å². The number of nitrogens with one attached hydrogen (secondary N) is 1. The number of piperazine rings is 1. The number of carbonyl (C=O) groups is 2. The molecular formula is C22H27N5O3S. The zero-order valence-corrected chi connectivity index (χ0v) is 18.2. The Morgan fingerprint density at radius 2 is 1.94 bits per heavy atom. The third kappa shape index (κ3) is 3.97. The molecule has 0 bridgehead atoms. The average molecular weight is 442 g/mol. The number of fused-ring (bicyclic) bond motifs is 1. The number of carboxylic acid groups (broad SMARTS) is 1. The molecule has 0 unspecified atom stereocenters. The number of hydrogen-bond donors (Lipinski definition) is 2. The maximum Gasteiger partial charge on any atom is 0.339 e. The van der Waals surface area contributed by atoms with Crippen molar-refractivity contribution in [3.05, 3.63) is 36.0 Å². The smallest absolute Gasteiger partial charge is 0.339 e. The normalized spacial score (nSPS) is 24.8. The average Bonchev–Trinajstić information content (AvgIpc) is 3.50. The number of thioether (sulfide) groups is 1. The lowest BCUT2D eigenvalue weighted by Gasteiger charge is -2.39. The number of aromatic carboxylic acids is 1. The number of hydrogen-bond acceptors (Lipinski definition) is 7. The van der Waals surface area contributed by atoms with Crippen molar-refractivity contribution in [2.24, 2.45) is 0 Å². The molecule has 3 aliphatic rings. The second kappa shape index (κ2) is 8.64. The first-order valence-corrected chi connectivity index (χ1v) is 12.0. The van der Waals surface area contributed by atoms with Gasteiger partial charge in [-0.3, -0.25) is 14.7 Å². The first kappa shape index (κ1) is 20.5. The Labute approximate surface area is 185 Å². The summed E-state index contributed by atoms with van der Waals surface area (Å²) in [5.74, 6) is 1.13. The molecule has 2 aromatic rings. The fourth-order valence-corrected chi connectivity index (χ4v) is 5.88. The molecule has 1 aromatic heterocycles. The van der Waals surface area contributed by atoms with Gasteiger partial charge in [-0.1, -0.05) is 18.2 Å². The van der Waals surface area contributed by atoms with E-state index in [1.807, 2.05) is 40.9 Å². The van der Waals surface area contributed by atoms with Gasteiger partial charge in [-0.15, -0.1) is 11.8 Å². The minimum atomic E-state index is -0.947. The zero-order chi connectivity index (χ0) is 21.4. The standard InChI is InChI=1S/C22H27N5O3S/c28-21(27-9-10-31-14-27)19-11-15(12-23-19)25-5-7-26(8-6-25)20-16-3-1-2-4-18(16)24-13-17(20)22(29)30/h1-4,13,15,19,23H,5-12,14H2,(H,29,30)/t15-,19-/m0/s1. The Morgan fingerprint density at radius 1 is 1.13 bits per heavy atom. The molecule has 0 saturated carbocycles. The van der Waals surface area contributed by atoms with E-state index in [-0.39, 0.29) is 17.5 Å². The number of rotatable bonds is 4. The van der Waals surface area contributed by atoms with Crippen molar-refractivity contribution < 1.29 is 14.7 Å². The van der Waals surface area contributed by atoms with Crippen LogP contribution < -0.4 is 10.2 Å². The van der Waals surface area contributed by atoms with Crippen LogP contribution in [-0.4, -0.2) is 94.7 Å². The number of carbonyl (C=O) groups excluding carboxylic acids is 1. The number of nitrogens with zero attached hydrogens (tertiary/aromatic N) is 4. The van der Waals surface area contributed by atoms with Crippen molar-refractivity contribution in [3.63, 3.8) is 0 Å². The number of para-hydroxylation sites is 1. The van der Waals surface area contributed by atoms with Gasteiger partial charge in [-0.25, -0.2) is 4.79 Å². The highest BCUT2D eigenvalue weighted by molar-refractivity contribution is 7.99. The van der Waals surface area contributed by atoms with Crippen molar-refractivity contribution in [1.29, 1.82) is 0 Å². The second-order valence-electron chi connectivity index (χ2n) is 8.36. The van der Waals surface area contributed by atoms with E-state index in [1.165, 1.54) is 6.20 Å². The molecule has 164 valence electrons. The first-order chi connectivity index (χ1) is 15.1. The lowest BCUT2D eigenvalue weighted by molar-refractivity contribution is -0.131. The molecule has 0 spiro atoms. The number of carboxylic acids is 1. The van der Waals surface area contributed by atoms with Crippen molar-refractivity contribution in [1.82, 2.24) is 20.1 Å². The summed E-state index contributed by atoms with van der Waals surface area (Å²) in [6.07, 6.45) is 2.32. The summed E-state index contributed by atoms with van der Waals surface area (Å²) in [6, 6.07) is 7.98. The van der Waals surface area contributed by atoms with Gasteiger partial charge in [0, 0.05) is 62.6 Å². The molecule has 2 atom stereocenters. The zero-order valence-electron chi connectivity index (χ0n) is 17.4. The molecule has 1 aromatic carbocycles. The summed E-state index contributed by atoms with van der Waals surface area (Å²) >= 11 is 1.82. The fraction of sp³-hybridized carbons (Fsp3) is 0.500. The Morgan fingerprint density at radius 3 is 2.68 bits per heavy atom. The molecule has 8 nitrogen and oxygen atoms in total. The van der Waals surface area contributed by atoms with Crippen LogP contribution >= 0.6 is 11.8 Å². The van der Waals surface area contributed by atoms with Crippen LogP contribution in [0.2, 0.25) is 0 Å². The second-order valence-corrected chi connectivity index (χ2v) is 9.43. The minimum absolute atomic E-state index is 0.0792. The van der Waals surface area contributed by atoms with Crippen LogP contribution in [0.1, 0.15) is 16.8 Å². The number of anilines is 1. The van der Waals surface area contributed by atoms with E-state index in [0.29, 0.717) is 6.04 Å². The molecule has 3 fully saturated rings. The van der Waals surface area contributed by atoms with Crippen LogP contribution in [-0.2, 0) is 4.79 Å². The van der Waals surface area contributed by atoms with Gasteiger partial charge in [0.2, 0.25) is 5.91 Å². The molecule has 5 rings (SSSR count). The monoisotopic (exact) mass is 441 g/mol. The van der Waals surface area contributed by atoms with Crippen molar-refractivity contribution >= 4 is 40.2 Å². The van der Waals surface area contributed by atoms with Crippen LogP contribution in [0.3, 0.4) is 0 Å². The number of benzene rings is 1. The lowest BCUT2D eigenvalue weighted by atomic mass is 10.1. The highest BCUT2D eigenvalue weighted by Gasteiger charge is 2.37. The number of aromatic nitrogens is 1. The van der Waals surface area contributed by atoms with Gasteiger partial charge >= 0.3 is 5.97 Å². The minimum Gasteiger partial charge on any atom is -0.478 e. The van der Waals surface area contributed by atoms with E-state index in [4.69, 9.17) is 0 Å². The lowest BCUT2D eigenvalue weighted by Crippen LogP contribution is -2.51. The van der Waals surface area contributed by atoms with Gasteiger partial charge in [0.25, 0.3) is 0 Å². The van der Waals surface area contributed by atoms with Crippen molar-refractivity contribution in [2.75, 3.05) is 55.8 Å². The molecule has 3 aliphatic heterocycles. The van der Waals surface area contributed by atoms with Crippen LogP contribution in [0.5, 0.6) is 0 Å². The molecule has 9 heteroatoms. The molecule has 31 heavy (non-hydrogen) atoms. The van der Waals surface area contributed by atoms with E-state index in [2.05, 4.69) is 20.1 Å². The van der Waals surface area contributed by atoms with Crippen LogP contribution in [0.15, 0.2) is 30.5 Å². The first-order valence-electron chi connectivity index (χ1n) is 10.8. The largest absolute Gasteiger partial charge is 0.478 e. The van der Waals surface area contributed by atoms with Gasteiger partial charge < -0.3 is 20.2 Å². The SMILES string of the molecule is O=C(O)c1cnc2ccccc2c1N1CCN([C@@H]2CN[C@H](C(=O)N3CCSC3)C2)CC1. The maximum absolute atomic E-state index is 12.7. The molecule has 1 amide bonds. The van der Waals surface area contributed by atoms with Crippen LogP contribution in [0.25, 0.3) is 10.9 Å². The van der Waals surface area contributed by atoms with Crippen LogP contribution in [0, 0.1) is 0 Å². The summed E-state index contributed by atoms with van der Waals surface area (Å²) in [6.45, 7) is 4.90. The van der Waals surface area contributed by atoms with E-state index in [1.54, 1.807) is 0 Å². The van der Waals surface area contributed by atoms with Gasteiger partial charge in [-0.2, -0.15) is 0 Å². The summed E-state index contributed by atoms with van der Waals surface area (Å²) in [7, 11) is 0. The summed E-state index contributed by atoms with van der Waals surface area (Å²) in [5.41, 5.74) is 1.83. The number of amides is 1. The topological polar surface area (TPSA) is 89.0 Å². The fourth-order valence-electron chi connectivity index (χ4n) is 4.93. The van der Waals surface area contributed by atoms with E-state index in [9.17, 15) is 14.7 Å². The maximum atomic E-state index is 12.7.